The van der Waals surface area contributed by atoms with Gasteiger partial charge in [0.25, 0.3) is 0 Å². The largest absolute Gasteiger partial charge is 0.281 e. The summed E-state index contributed by atoms with van der Waals surface area (Å²) in [6, 6.07) is 0. The van der Waals surface area contributed by atoms with Crippen molar-refractivity contribution in [3.8, 4) is 0 Å². The Morgan fingerprint density at radius 1 is 0.842 bits per heavy atom. The molecule has 0 aliphatic carbocycles. The molecule has 1 aliphatic heterocycles. The third-order valence-corrected chi connectivity index (χ3v) is 5.26. The summed E-state index contributed by atoms with van der Waals surface area (Å²) in [6.07, 6.45) is 1.01. The molecule has 0 saturated heterocycles. The van der Waals surface area contributed by atoms with E-state index in [2.05, 4.69) is 55.4 Å². The minimum Gasteiger partial charge on any atom is -0.281 e. The Hall–Kier alpha value is -1.18. The molecule has 0 radical (unpaired) electrons. The molecule has 19 heavy (non-hydrogen) atoms. The van der Waals surface area contributed by atoms with Crippen molar-refractivity contribution in [2.45, 2.75) is 67.3 Å². The van der Waals surface area contributed by atoms with Crippen LogP contribution in [0.15, 0.2) is 4.99 Å². The topological polar surface area (TPSA) is 25.2 Å². The van der Waals surface area contributed by atoms with Gasteiger partial charge in [0.2, 0.25) is 0 Å². The first-order chi connectivity index (χ1) is 8.57. The van der Waals surface area contributed by atoms with Crippen molar-refractivity contribution >= 4 is 5.71 Å². The number of pyridine rings is 1. The maximum Gasteiger partial charge on any atom is 0.0875 e. The molecule has 2 nitrogen and oxygen atoms in total. The van der Waals surface area contributed by atoms with E-state index in [1.165, 1.54) is 22.4 Å². The monoisotopic (exact) mass is 258 g/mol. The number of nitrogens with zero attached hydrogens (tertiary/aromatic N) is 2. The maximum atomic E-state index is 4.97. The SMILES string of the molecule is Cc1nc(C2=NC(C)(C)C(C)(C)C2)c(C)c(C)c1C. The number of aliphatic imine (C=N–C) groups is 1. The van der Waals surface area contributed by atoms with Crippen molar-refractivity contribution in [1.82, 2.24) is 4.98 Å². The van der Waals surface area contributed by atoms with Crippen LogP contribution in [0.25, 0.3) is 0 Å². The van der Waals surface area contributed by atoms with Gasteiger partial charge in [-0.3, -0.25) is 9.98 Å². The summed E-state index contributed by atoms with van der Waals surface area (Å²) in [5.41, 5.74) is 7.55. The Morgan fingerprint density at radius 2 is 1.42 bits per heavy atom. The number of aryl methyl sites for hydroxylation is 1. The molecule has 0 aromatic carbocycles. The van der Waals surface area contributed by atoms with Gasteiger partial charge in [0, 0.05) is 5.69 Å². The van der Waals surface area contributed by atoms with Crippen LogP contribution < -0.4 is 0 Å². The molecule has 0 spiro atoms. The van der Waals surface area contributed by atoms with Gasteiger partial charge in [-0.2, -0.15) is 0 Å². The van der Waals surface area contributed by atoms with Crippen molar-refractivity contribution < 1.29 is 0 Å². The van der Waals surface area contributed by atoms with Crippen LogP contribution in [-0.4, -0.2) is 16.2 Å². The van der Waals surface area contributed by atoms with Crippen LogP contribution in [0.1, 0.15) is 62.2 Å². The van der Waals surface area contributed by atoms with Crippen LogP contribution in [0.3, 0.4) is 0 Å². The summed E-state index contributed by atoms with van der Waals surface area (Å²) in [7, 11) is 0. The third-order valence-electron chi connectivity index (χ3n) is 5.26. The second-order valence-electron chi connectivity index (χ2n) is 7.10. The Balaban J connectivity index is 2.57. The van der Waals surface area contributed by atoms with Gasteiger partial charge in [0.05, 0.1) is 16.9 Å². The Morgan fingerprint density at radius 3 is 1.89 bits per heavy atom. The number of aromatic nitrogens is 1. The van der Waals surface area contributed by atoms with E-state index in [-0.39, 0.29) is 11.0 Å². The van der Waals surface area contributed by atoms with Gasteiger partial charge in [-0.15, -0.1) is 0 Å². The van der Waals surface area contributed by atoms with E-state index in [1.807, 2.05) is 0 Å². The summed E-state index contributed by atoms with van der Waals surface area (Å²) in [6.45, 7) is 17.7. The van der Waals surface area contributed by atoms with Crippen molar-refractivity contribution in [3.63, 3.8) is 0 Å². The predicted molar refractivity (Wildman–Crippen MR) is 82.2 cm³/mol. The minimum atomic E-state index is -0.0108. The highest BCUT2D eigenvalue weighted by Crippen LogP contribution is 2.44. The molecule has 1 aliphatic rings. The molecular weight excluding hydrogens is 232 g/mol. The summed E-state index contributed by atoms with van der Waals surface area (Å²) >= 11 is 0. The molecule has 1 aromatic heterocycles. The molecule has 2 rings (SSSR count). The standard InChI is InChI=1S/C17H26N2/c1-10-11(2)13(4)18-15(12(10)3)14-9-16(5,6)17(7,8)19-14/h9H2,1-8H3. The molecule has 2 heterocycles. The fourth-order valence-electron chi connectivity index (χ4n) is 2.65. The van der Waals surface area contributed by atoms with E-state index in [0.717, 1.165) is 17.8 Å². The van der Waals surface area contributed by atoms with Crippen molar-refractivity contribution in [2.24, 2.45) is 10.4 Å². The Kier molecular flexibility index (Phi) is 3.11. The van der Waals surface area contributed by atoms with Crippen LogP contribution in [0.4, 0.5) is 0 Å². The highest BCUT2D eigenvalue weighted by Gasteiger charge is 2.43. The lowest BCUT2D eigenvalue weighted by atomic mass is 9.74. The van der Waals surface area contributed by atoms with E-state index in [4.69, 9.17) is 9.98 Å². The number of hydrogen-bond acceptors (Lipinski definition) is 2. The van der Waals surface area contributed by atoms with Crippen molar-refractivity contribution in [3.05, 3.63) is 28.1 Å². The van der Waals surface area contributed by atoms with E-state index in [0.29, 0.717) is 0 Å². The molecule has 2 heteroatoms. The number of hydrogen-bond donors (Lipinski definition) is 0. The zero-order chi connectivity index (χ0) is 14.6. The van der Waals surface area contributed by atoms with Gasteiger partial charge in [-0.25, -0.2) is 0 Å². The lowest BCUT2D eigenvalue weighted by molar-refractivity contribution is 0.238. The van der Waals surface area contributed by atoms with E-state index in [1.54, 1.807) is 0 Å². The zero-order valence-corrected chi connectivity index (χ0v) is 13.6. The quantitative estimate of drug-likeness (QED) is 0.736. The highest BCUT2D eigenvalue weighted by atomic mass is 14.9. The molecule has 0 bridgehead atoms. The lowest BCUT2D eigenvalue weighted by Crippen LogP contribution is -2.32. The van der Waals surface area contributed by atoms with E-state index < -0.39 is 0 Å². The normalized spacial score (nSPS) is 20.5. The average molecular weight is 258 g/mol. The first-order valence-corrected chi connectivity index (χ1v) is 7.10. The van der Waals surface area contributed by atoms with Crippen LogP contribution in [0.5, 0.6) is 0 Å². The first-order valence-electron chi connectivity index (χ1n) is 7.10. The van der Waals surface area contributed by atoms with Crippen LogP contribution in [-0.2, 0) is 0 Å². The van der Waals surface area contributed by atoms with Crippen LogP contribution in [0.2, 0.25) is 0 Å². The fourth-order valence-corrected chi connectivity index (χ4v) is 2.65. The second kappa shape index (κ2) is 4.16. The smallest absolute Gasteiger partial charge is 0.0875 e. The third kappa shape index (κ3) is 2.11. The second-order valence-corrected chi connectivity index (χ2v) is 7.10. The van der Waals surface area contributed by atoms with Crippen LogP contribution in [0, 0.1) is 33.1 Å². The van der Waals surface area contributed by atoms with Gasteiger partial charge in [-0.1, -0.05) is 13.8 Å². The molecule has 0 N–H and O–H groups in total. The summed E-state index contributed by atoms with van der Waals surface area (Å²) < 4.78 is 0. The molecule has 1 aromatic rings. The summed E-state index contributed by atoms with van der Waals surface area (Å²) in [4.78, 5) is 9.79. The van der Waals surface area contributed by atoms with Crippen LogP contribution >= 0.6 is 0 Å². The molecule has 0 fully saturated rings. The van der Waals surface area contributed by atoms with Gasteiger partial charge in [0.1, 0.15) is 0 Å². The van der Waals surface area contributed by atoms with E-state index >= 15 is 0 Å². The molecule has 0 saturated carbocycles. The molecule has 0 amide bonds. The first kappa shape index (κ1) is 14.2. The fraction of sp³-hybridized carbons (Fsp3) is 0.647. The molecular formula is C17H26N2. The average Bonchev–Trinajstić information content (AvgIpc) is 2.50. The summed E-state index contributed by atoms with van der Waals surface area (Å²) in [5.74, 6) is 0. The Bertz CT molecular complexity index is 563. The number of rotatable bonds is 1. The molecule has 104 valence electrons. The van der Waals surface area contributed by atoms with Gasteiger partial charge >= 0.3 is 0 Å². The lowest BCUT2D eigenvalue weighted by Gasteiger charge is -2.32. The van der Waals surface area contributed by atoms with Gasteiger partial charge < -0.3 is 0 Å². The maximum absolute atomic E-state index is 4.97. The Labute approximate surface area is 117 Å². The van der Waals surface area contributed by atoms with Crippen molar-refractivity contribution in [1.29, 1.82) is 0 Å². The predicted octanol–water partition coefficient (Wildman–Crippen LogP) is 4.31. The van der Waals surface area contributed by atoms with Gasteiger partial charge in [-0.05, 0) is 70.1 Å². The van der Waals surface area contributed by atoms with Crippen molar-refractivity contribution in [2.75, 3.05) is 0 Å². The highest BCUT2D eigenvalue weighted by molar-refractivity contribution is 6.02. The zero-order valence-electron chi connectivity index (χ0n) is 13.6. The molecule has 0 atom stereocenters. The molecule has 0 unspecified atom stereocenters. The van der Waals surface area contributed by atoms with E-state index in [9.17, 15) is 0 Å². The summed E-state index contributed by atoms with van der Waals surface area (Å²) in [5, 5.41) is 0. The van der Waals surface area contributed by atoms with Gasteiger partial charge in [0.15, 0.2) is 0 Å². The minimum absolute atomic E-state index is 0.0108.